The molecular weight excluding hydrogens is 300 g/mol. The number of ether oxygens (including phenoxy) is 2. The summed E-state index contributed by atoms with van der Waals surface area (Å²) in [6, 6.07) is -0.887. The molecule has 1 heterocycles. The van der Waals surface area contributed by atoms with Gasteiger partial charge in [0.25, 0.3) is 0 Å². The van der Waals surface area contributed by atoms with E-state index >= 15 is 0 Å². The van der Waals surface area contributed by atoms with Crippen molar-refractivity contribution in [3.05, 3.63) is 0 Å². The van der Waals surface area contributed by atoms with Crippen molar-refractivity contribution < 1.29 is 24.2 Å². The lowest BCUT2D eigenvalue weighted by Crippen LogP contribution is -2.63. The Hall–Kier alpha value is -1.50. The van der Waals surface area contributed by atoms with Crippen LogP contribution in [0.1, 0.15) is 48.5 Å². The maximum atomic E-state index is 12.3. The second-order valence-electron chi connectivity index (χ2n) is 7.84. The summed E-state index contributed by atoms with van der Waals surface area (Å²) >= 11 is 0. The summed E-state index contributed by atoms with van der Waals surface area (Å²) in [6.07, 6.45) is -0.917. The summed E-state index contributed by atoms with van der Waals surface area (Å²) in [5, 5.41) is 9.68. The van der Waals surface area contributed by atoms with Gasteiger partial charge in [0.05, 0.1) is 18.7 Å². The van der Waals surface area contributed by atoms with Crippen LogP contribution in [0.25, 0.3) is 0 Å². The zero-order chi connectivity index (χ0) is 18.0. The van der Waals surface area contributed by atoms with Gasteiger partial charge in [-0.25, -0.2) is 9.59 Å². The molecule has 1 N–H and O–H groups in total. The van der Waals surface area contributed by atoms with Crippen molar-refractivity contribution in [2.45, 2.75) is 71.8 Å². The molecule has 0 aromatic heterocycles. The molecule has 0 spiro atoms. The molecule has 7 nitrogen and oxygen atoms in total. The van der Waals surface area contributed by atoms with Gasteiger partial charge in [-0.3, -0.25) is 4.90 Å². The molecule has 0 aliphatic carbocycles. The monoisotopic (exact) mass is 330 g/mol. The lowest BCUT2D eigenvalue weighted by Gasteiger charge is -2.45. The molecule has 0 unspecified atom stereocenters. The number of amides is 2. The first-order valence-electron chi connectivity index (χ1n) is 7.96. The van der Waals surface area contributed by atoms with Crippen LogP contribution in [0.3, 0.4) is 0 Å². The molecule has 0 aromatic rings. The van der Waals surface area contributed by atoms with Crippen molar-refractivity contribution in [2.24, 2.45) is 0 Å². The third-order valence-corrected chi connectivity index (χ3v) is 3.47. The number of rotatable bonds is 1. The van der Waals surface area contributed by atoms with Crippen molar-refractivity contribution in [3.63, 3.8) is 0 Å². The third kappa shape index (κ3) is 5.57. The van der Waals surface area contributed by atoms with Crippen molar-refractivity contribution in [2.75, 3.05) is 19.7 Å². The van der Waals surface area contributed by atoms with Crippen LogP contribution in [0, 0.1) is 0 Å². The average Bonchev–Trinajstić information content (AvgIpc) is 2.33. The van der Waals surface area contributed by atoms with Gasteiger partial charge in [0.2, 0.25) is 0 Å². The standard InChI is InChI=1S/C16H30N2O5/c1-11-12(10-19)18(14(21)23-16(5,6)7)9-8-17(11)13(20)22-15(2,3)4/h11-12,19H,8-10H2,1-7H3/t11-,12+/m1/s1. The van der Waals surface area contributed by atoms with E-state index < -0.39 is 29.4 Å². The number of aliphatic hydroxyl groups is 1. The Morgan fingerprint density at radius 3 is 1.74 bits per heavy atom. The van der Waals surface area contributed by atoms with Crippen molar-refractivity contribution >= 4 is 12.2 Å². The normalized spacial score (nSPS) is 22.8. The Morgan fingerprint density at radius 2 is 1.35 bits per heavy atom. The summed E-state index contributed by atoms with van der Waals surface area (Å²) in [4.78, 5) is 27.6. The van der Waals surface area contributed by atoms with E-state index in [1.165, 1.54) is 4.90 Å². The van der Waals surface area contributed by atoms with E-state index in [1.54, 1.807) is 53.4 Å². The average molecular weight is 330 g/mol. The second kappa shape index (κ2) is 6.95. The minimum absolute atomic E-state index is 0.250. The summed E-state index contributed by atoms with van der Waals surface area (Å²) in [5.74, 6) is 0. The number of aliphatic hydroxyl groups excluding tert-OH is 1. The van der Waals surface area contributed by atoms with Crippen LogP contribution in [0.15, 0.2) is 0 Å². The van der Waals surface area contributed by atoms with Gasteiger partial charge in [-0.1, -0.05) is 0 Å². The summed E-state index contributed by atoms with van der Waals surface area (Å²) in [7, 11) is 0. The molecule has 2 amide bonds. The van der Waals surface area contributed by atoms with E-state index in [9.17, 15) is 14.7 Å². The smallest absolute Gasteiger partial charge is 0.410 e. The second-order valence-corrected chi connectivity index (χ2v) is 7.84. The molecule has 0 saturated carbocycles. The molecule has 0 bridgehead atoms. The number of piperazine rings is 1. The van der Waals surface area contributed by atoms with Crippen LogP contribution < -0.4 is 0 Å². The van der Waals surface area contributed by atoms with Crippen LogP contribution in [0.5, 0.6) is 0 Å². The van der Waals surface area contributed by atoms with E-state index in [1.807, 2.05) is 0 Å². The first-order chi connectivity index (χ1) is 10.4. The van der Waals surface area contributed by atoms with Gasteiger partial charge in [-0.15, -0.1) is 0 Å². The van der Waals surface area contributed by atoms with E-state index in [0.29, 0.717) is 13.1 Å². The van der Waals surface area contributed by atoms with Gasteiger partial charge in [0.1, 0.15) is 11.2 Å². The van der Waals surface area contributed by atoms with Gasteiger partial charge in [0.15, 0.2) is 0 Å². The summed E-state index contributed by atoms with van der Waals surface area (Å²) in [5.41, 5.74) is -1.20. The minimum Gasteiger partial charge on any atom is -0.444 e. The predicted molar refractivity (Wildman–Crippen MR) is 86.2 cm³/mol. The Morgan fingerprint density at radius 1 is 0.957 bits per heavy atom. The zero-order valence-electron chi connectivity index (χ0n) is 15.3. The lowest BCUT2D eigenvalue weighted by molar-refractivity contribution is -0.0401. The quantitative estimate of drug-likeness (QED) is 0.797. The predicted octanol–water partition coefficient (Wildman–Crippen LogP) is 2.22. The molecule has 1 aliphatic heterocycles. The number of hydrogen-bond donors (Lipinski definition) is 1. The molecule has 23 heavy (non-hydrogen) atoms. The first-order valence-corrected chi connectivity index (χ1v) is 7.96. The molecular formula is C16H30N2O5. The fourth-order valence-corrected chi connectivity index (χ4v) is 2.43. The summed E-state index contributed by atoms with van der Waals surface area (Å²) < 4.78 is 10.8. The van der Waals surface area contributed by atoms with Gasteiger partial charge in [0, 0.05) is 13.1 Å². The SMILES string of the molecule is C[C@@H]1[C@H](CO)N(C(=O)OC(C)(C)C)CCN1C(=O)OC(C)(C)C. The Kier molecular flexibility index (Phi) is 5.90. The molecule has 0 radical (unpaired) electrons. The highest BCUT2D eigenvalue weighted by Gasteiger charge is 2.40. The molecule has 7 heteroatoms. The minimum atomic E-state index is -0.609. The number of hydrogen-bond acceptors (Lipinski definition) is 5. The maximum absolute atomic E-state index is 12.3. The van der Waals surface area contributed by atoms with Crippen LogP contribution in [0.4, 0.5) is 9.59 Å². The topological polar surface area (TPSA) is 79.3 Å². The first kappa shape index (κ1) is 19.5. The number of nitrogens with zero attached hydrogens (tertiary/aromatic N) is 2. The molecule has 1 fully saturated rings. The lowest BCUT2D eigenvalue weighted by atomic mass is 10.0. The molecule has 134 valence electrons. The Bertz CT molecular complexity index is 439. The van der Waals surface area contributed by atoms with Crippen molar-refractivity contribution in [1.29, 1.82) is 0 Å². The Labute approximate surface area is 138 Å². The molecule has 0 aromatic carbocycles. The maximum Gasteiger partial charge on any atom is 0.410 e. The Balaban J connectivity index is 2.83. The van der Waals surface area contributed by atoms with E-state index in [0.717, 1.165) is 0 Å². The molecule has 1 aliphatic rings. The fourth-order valence-electron chi connectivity index (χ4n) is 2.43. The van der Waals surface area contributed by atoms with Crippen LogP contribution in [-0.4, -0.2) is 70.1 Å². The molecule has 1 rings (SSSR count). The molecule has 1 saturated heterocycles. The van der Waals surface area contributed by atoms with Gasteiger partial charge >= 0.3 is 12.2 Å². The number of carbonyl (C=O) groups excluding carboxylic acids is 2. The highest BCUT2D eigenvalue weighted by atomic mass is 16.6. The molecule has 2 atom stereocenters. The third-order valence-electron chi connectivity index (χ3n) is 3.47. The van der Waals surface area contributed by atoms with Gasteiger partial charge < -0.3 is 19.5 Å². The largest absolute Gasteiger partial charge is 0.444 e. The van der Waals surface area contributed by atoms with Crippen LogP contribution in [0.2, 0.25) is 0 Å². The van der Waals surface area contributed by atoms with E-state index in [2.05, 4.69) is 0 Å². The highest BCUT2D eigenvalue weighted by molar-refractivity contribution is 5.71. The summed E-state index contributed by atoms with van der Waals surface area (Å²) in [6.45, 7) is 13.0. The van der Waals surface area contributed by atoms with Crippen molar-refractivity contribution in [1.82, 2.24) is 9.80 Å². The van der Waals surface area contributed by atoms with E-state index in [-0.39, 0.29) is 12.6 Å². The number of carbonyl (C=O) groups is 2. The van der Waals surface area contributed by atoms with Crippen LogP contribution in [-0.2, 0) is 9.47 Å². The fraction of sp³-hybridized carbons (Fsp3) is 0.875. The highest BCUT2D eigenvalue weighted by Crippen LogP contribution is 2.22. The van der Waals surface area contributed by atoms with Crippen molar-refractivity contribution in [3.8, 4) is 0 Å². The van der Waals surface area contributed by atoms with E-state index in [4.69, 9.17) is 9.47 Å². The zero-order valence-corrected chi connectivity index (χ0v) is 15.3. The van der Waals surface area contributed by atoms with Crippen LogP contribution >= 0.6 is 0 Å². The van der Waals surface area contributed by atoms with Gasteiger partial charge in [-0.2, -0.15) is 0 Å². The van der Waals surface area contributed by atoms with Gasteiger partial charge in [-0.05, 0) is 48.5 Å².